The van der Waals surface area contributed by atoms with Gasteiger partial charge in [0.2, 0.25) is 0 Å². The van der Waals surface area contributed by atoms with Gasteiger partial charge < -0.3 is 9.73 Å². The summed E-state index contributed by atoms with van der Waals surface area (Å²) in [7, 11) is 0. The zero-order valence-electron chi connectivity index (χ0n) is 29.8. The SMILES string of the molecule is c1ccc(C2=NC(c3cccc(-c4ccc(-c5ccccc5)cc4)c3)N=C(c3cc4c5ccccc5c5ccccc5c4c4oc5ccccc5c34)N2)cc1. The highest BCUT2D eigenvalue weighted by atomic mass is 16.3. The van der Waals surface area contributed by atoms with Crippen molar-refractivity contribution in [2.75, 3.05) is 0 Å². The maximum atomic E-state index is 6.87. The van der Waals surface area contributed by atoms with Crippen LogP contribution in [0.4, 0.5) is 0 Å². The minimum atomic E-state index is -0.479. The minimum Gasteiger partial charge on any atom is -0.455 e. The normalized spacial score (nSPS) is 14.4. The molecule has 9 aromatic carbocycles. The number of furan rings is 1. The Morgan fingerprint density at radius 3 is 1.64 bits per heavy atom. The molecule has 0 saturated heterocycles. The molecule has 1 N–H and O–H groups in total. The first-order valence-corrected chi connectivity index (χ1v) is 18.7. The number of fused-ring (bicyclic) bond motifs is 10. The molecule has 1 aliphatic rings. The summed E-state index contributed by atoms with van der Waals surface area (Å²) in [6.45, 7) is 0. The fourth-order valence-corrected chi connectivity index (χ4v) is 8.30. The molecule has 55 heavy (non-hydrogen) atoms. The van der Waals surface area contributed by atoms with E-state index in [1.165, 1.54) is 32.7 Å². The summed E-state index contributed by atoms with van der Waals surface area (Å²) >= 11 is 0. The largest absolute Gasteiger partial charge is 0.455 e. The van der Waals surface area contributed by atoms with E-state index >= 15 is 0 Å². The van der Waals surface area contributed by atoms with Crippen LogP contribution in [0.3, 0.4) is 0 Å². The standard InChI is InChI=1S/C51H33N3O/c1-3-14-32(15-4-1)33-26-28-34(29-27-33)36-18-13-19-37(30-36)50-52-49(35-16-5-2-6-17-35)53-51(54-50)44-31-43-40-22-8-7-20-38(40)39-21-9-10-23-41(39)46(43)48-47(44)42-24-11-12-25-45(42)55-48/h1-31,50H,(H,52,53,54). The molecule has 4 nitrogen and oxygen atoms in total. The van der Waals surface area contributed by atoms with Crippen molar-refractivity contribution in [1.82, 2.24) is 5.32 Å². The van der Waals surface area contributed by atoms with E-state index < -0.39 is 6.17 Å². The monoisotopic (exact) mass is 703 g/mol. The van der Waals surface area contributed by atoms with Crippen LogP contribution in [0.15, 0.2) is 202 Å². The first kappa shape index (κ1) is 31.2. The van der Waals surface area contributed by atoms with Crippen LogP contribution in [0, 0.1) is 0 Å². The lowest BCUT2D eigenvalue weighted by atomic mass is 9.90. The van der Waals surface area contributed by atoms with Crippen LogP contribution >= 0.6 is 0 Å². The second-order valence-electron chi connectivity index (χ2n) is 14.1. The second-order valence-corrected chi connectivity index (χ2v) is 14.1. The molecular weight excluding hydrogens is 671 g/mol. The average Bonchev–Trinajstić information content (AvgIpc) is 3.66. The number of hydrogen-bond acceptors (Lipinski definition) is 4. The number of rotatable bonds is 5. The van der Waals surface area contributed by atoms with Gasteiger partial charge in [-0.05, 0) is 72.9 Å². The number of nitrogens with zero attached hydrogens (tertiary/aromatic N) is 2. The third-order valence-corrected chi connectivity index (χ3v) is 10.9. The van der Waals surface area contributed by atoms with Crippen LogP contribution in [-0.2, 0) is 0 Å². The summed E-state index contributed by atoms with van der Waals surface area (Å²) < 4.78 is 6.87. The fraction of sp³-hybridized carbons (Fsp3) is 0.0196. The molecule has 1 atom stereocenters. The molecule has 10 aromatic rings. The van der Waals surface area contributed by atoms with Gasteiger partial charge >= 0.3 is 0 Å². The predicted octanol–water partition coefficient (Wildman–Crippen LogP) is 12.9. The predicted molar refractivity (Wildman–Crippen MR) is 229 cm³/mol. The molecule has 1 unspecified atom stereocenters. The van der Waals surface area contributed by atoms with Crippen molar-refractivity contribution in [3.63, 3.8) is 0 Å². The molecular formula is C51H33N3O. The summed E-state index contributed by atoms with van der Waals surface area (Å²) in [4.78, 5) is 10.7. The van der Waals surface area contributed by atoms with Crippen molar-refractivity contribution in [2.45, 2.75) is 6.17 Å². The second kappa shape index (κ2) is 12.7. The summed E-state index contributed by atoms with van der Waals surface area (Å²) in [5.74, 6) is 1.53. The van der Waals surface area contributed by atoms with Crippen molar-refractivity contribution >= 4 is 65.9 Å². The molecule has 11 rings (SSSR count). The molecule has 0 saturated carbocycles. The Morgan fingerprint density at radius 1 is 0.382 bits per heavy atom. The molecule has 0 spiro atoms. The van der Waals surface area contributed by atoms with Gasteiger partial charge in [-0.3, -0.25) is 0 Å². The topological polar surface area (TPSA) is 49.9 Å². The quantitative estimate of drug-likeness (QED) is 0.181. The van der Waals surface area contributed by atoms with Crippen LogP contribution < -0.4 is 5.32 Å². The minimum absolute atomic E-state index is 0.479. The number of benzene rings is 9. The molecule has 0 fully saturated rings. The summed E-state index contributed by atoms with van der Waals surface area (Å²) in [6, 6.07) is 66.2. The molecule has 0 amide bonds. The third-order valence-electron chi connectivity index (χ3n) is 10.9. The van der Waals surface area contributed by atoms with Crippen LogP contribution in [0.25, 0.3) is 76.5 Å². The van der Waals surface area contributed by atoms with E-state index in [2.05, 4.69) is 175 Å². The van der Waals surface area contributed by atoms with E-state index in [1.54, 1.807) is 0 Å². The van der Waals surface area contributed by atoms with Gasteiger partial charge in [0.25, 0.3) is 0 Å². The average molecular weight is 704 g/mol. The zero-order valence-corrected chi connectivity index (χ0v) is 29.8. The molecule has 1 aromatic heterocycles. The smallest absolute Gasteiger partial charge is 0.169 e. The van der Waals surface area contributed by atoms with Gasteiger partial charge in [-0.1, -0.05) is 170 Å². The van der Waals surface area contributed by atoms with Gasteiger partial charge in [0, 0.05) is 27.3 Å². The van der Waals surface area contributed by atoms with Gasteiger partial charge in [0.1, 0.15) is 22.8 Å². The Bertz CT molecular complexity index is 3160. The van der Waals surface area contributed by atoms with E-state index in [-0.39, 0.29) is 0 Å². The van der Waals surface area contributed by atoms with Crippen LogP contribution in [0.5, 0.6) is 0 Å². The van der Waals surface area contributed by atoms with Gasteiger partial charge in [-0.15, -0.1) is 0 Å². The highest BCUT2D eigenvalue weighted by molar-refractivity contribution is 6.36. The van der Waals surface area contributed by atoms with Gasteiger partial charge in [-0.25, -0.2) is 9.98 Å². The van der Waals surface area contributed by atoms with Crippen LogP contribution in [0.1, 0.15) is 22.9 Å². The van der Waals surface area contributed by atoms with E-state index in [4.69, 9.17) is 14.4 Å². The molecule has 258 valence electrons. The lowest BCUT2D eigenvalue weighted by Gasteiger charge is -2.23. The first-order chi connectivity index (χ1) is 27.3. The van der Waals surface area contributed by atoms with E-state index in [9.17, 15) is 0 Å². The van der Waals surface area contributed by atoms with Crippen molar-refractivity contribution in [2.24, 2.45) is 9.98 Å². The molecule has 0 aliphatic carbocycles. The maximum absolute atomic E-state index is 6.87. The van der Waals surface area contributed by atoms with Gasteiger partial charge in [0.15, 0.2) is 6.17 Å². The summed E-state index contributed by atoms with van der Waals surface area (Å²) in [6.07, 6.45) is -0.479. The van der Waals surface area contributed by atoms with Gasteiger partial charge in [-0.2, -0.15) is 0 Å². The molecule has 0 radical (unpaired) electrons. The maximum Gasteiger partial charge on any atom is 0.169 e. The van der Waals surface area contributed by atoms with E-state index in [0.29, 0.717) is 0 Å². The lowest BCUT2D eigenvalue weighted by molar-refractivity contribution is 0.673. The fourth-order valence-electron chi connectivity index (χ4n) is 8.30. The zero-order chi connectivity index (χ0) is 36.3. The first-order valence-electron chi connectivity index (χ1n) is 18.7. The highest BCUT2D eigenvalue weighted by Gasteiger charge is 2.26. The van der Waals surface area contributed by atoms with Gasteiger partial charge in [0.05, 0.1) is 0 Å². The molecule has 2 heterocycles. The Hall–Kier alpha value is -7.30. The molecule has 4 heteroatoms. The number of para-hydroxylation sites is 1. The summed E-state index contributed by atoms with van der Waals surface area (Å²) in [5.41, 5.74) is 9.37. The van der Waals surface area contributed by atoms with Crippen LogP contribution in [0.2, 0.25) is 0 Å². The van der Waals surface area contributed by atoms with E-state index in [0.717, 1.165) is 72.2 Å². The van der Waals surface area contributed by atoms with Crippen molar-refractivity contribution < 1.29 is 4.42 Å². The Morgan fingerprint density at radius 2 is 0.909 bits per heavy atom. The van der Waals surface area contributed by atoms with E-state index in [1.807, 2.05) is 18.2 Å². The Labute approximate surface area is 317 Å². The highest BCUT2D eigenvalue weighted by Crippen LogP contribution is 2.44. The number of aliphatic imine (C=N–C) groups is 2. The van der Waals surface area contributed by atoms with Crippen molar-refractivity contribution in [3.8, 4) is 22.3 Å². The number of amidine groups is 2. The lowest BCUT2D eigenvalue weighted by Crippen LogP contribution is -2.36. The molecule has 0 bridgehead atoms. The summed E-state index contributed by atoms with van der Waals surface area (Å²) in [5, 5.41) is 12.8. The van der Waals surface area contributed by atoms with Crippen molar-refractivity contribution in [1.29, 1.82) is 0 Å². The Kier molecular flexibility index (Phi) is 7.20. The number of nitrogens with one attached hydrogen (secondary N) is 1. The Balaban J connectivity index is 1.13. The third kappa shape index (κ3) is 5.22. The number of hydrogen-bond donors (Lipinski definition) is 1. The van der Waals surface area contributed by atoms with Crippen molar-refractivity contribution in [3.05, 3.63) is 205 Å². The van der Waals surface area contributed by atoms with Crippen LogP contribution in [-0.4, -0.2) is 11.7 Å². The molecule has 1 aliphatic heterocycles.